The smallest absolute Gasteiger partial charge is 0.304 e. The normalized spacial score (nSPS) is 13.9. The van der Waals surface area contributed by atoms with E-state index in [0.29, 0.717) is 13.0 Å². The van der Waals surface area contributed by atoms with Crippen molar-refractivity contribution in [3.63, 3.8) is 0 Å². The molecule has 6 heteroatoms. The van der Waals surface area contributed by atoms with Crippen molar-refractivity contribution in [2.24, 2.45) is 0 Å². The van der Waals surface area contributed by atoms with Crippen molar-refractivity contribution in [1.29, 1.82) is 0 Å². The number of sulfone groups is 1. The lowest BCUT2D eigenvalue weighted by molar-refractivity contribution is -0.136. The van der Waals surface area contributed by atoms with Gasteiger partial charge in [-0.1, -0.05) is 0 Å². The van der Waals surface area contributed by atoms with Crippen molar-refractivity contribution in [2.45, 2.75) is 25.0 Å². The zero-order valence-corrected chi connectivity index (χ0v) is 9.21. The van der Waals surface area contributed by atoms with Crippen LogP contribution in [0.15, 0.2) is 0 Å². The lowest BCUT2D eigenvalue weighted by atomic mass is 10.3. The molecule has 0 bridgehead atoms. The maximum Gasteiger partial charge on any atom is 0.304 e. The van der Waals surface area contributed by atoms with E-state index in [1.807, 2.05) is 0 Å². The van der Waals surface area contributed by atoms with E-state index in [-0.39, 0.29) is 12.2 Å². The molecule has 0 aliphatic rings. The van der Waals surface area contributed by atoms with Gasteiger partial charge in [0.2, 0.25) is 0 Å². The minimum atomic E-state index is -3.29. The van der Waals surface area contributed by atoms with E-state index >= 15 is 0 Å². The molecule has 0 spiro atoms. The van der Waals surface area contributed by atoms with Crippen LogP contribution in [0.5, 0.6) is 0 Å². The van der Waals surface area contributed by atoms with Crippen molar-refractivity contribution in [3.05, 3.63) is 0 Å². The van der Waals surface area contributed by atoms with Gasteiger partial charge < -0.3 is 9.84 Å². The third-order valence-electron chi connectivity index (χ3n) is 1.85. The Morgan fingerprint density at radius 1 is 1.50 bits per heavy atom. The number of hydrogen-bond donors (Lipinski definition) is 1. The average molecular weight is 224 g/mol. The van der Waals surface area contributed by atoms with Gasteiger partial charge in [0.25, 0.3) is 0 Å². The molecule has 0 fully saturated rings. The molecule has 1 atom stereocenters. The molecule has 0 aromatic rings. The van der Waals surface area contributed by atoms with E-state index in [2.05, 4.69) is 0 Å². The van der Waals surface area contributed by atoms with E-state index in [0.717, 1.165) is 0 Å². The van der Waals surface area contributed by atoms with E-state index in [4.69, 9.17) is 9.84 Å². The Hall–Kier alpha value is -0.620. The van der Waals surface area contributed by atoms with Gasteiger partial charge in [0.15, 0.2) is 9.84 Å². The summed E-state index contributed by atoms with van der Waals surface area (Å²) in [5.41, 5.74) is 0. The number of hydrogen-bond acceptors (Lipinski definition) is 4. The fraction of sp³-hybridized carbons (Fsp3) is 0.875. The number of carboxylic acids is 1. The molecule has 5 nitrogen and oxygen atoms in total. The first-order chi connectivity index (χ1) is 6.40. The van der Waals surface area contributed by atoms with Crippen LogP contribution in [-0.2, 0) is 19.4 Å². The lowest BCUT2D eigenvalue weighted by Crippen LogP contribution is -2.24. The summed E-state index contributed by atoms with van der Waals surface area (Å²) >= 11 is 0. The van der Waals surface area contributed by atoms with Gasteiger partial charge in [0.1, 0.15) is 0 Å². The maximum atomic E-state index is 11.4. The molecular weight excluding hydrogens is 208 g/mol. The van der Waals surface area contributed by atoms with Gasteiger partial charge in [-0.2, -0.15) is 0 Å². The summed E-state index contributed by atoms with van der Waals surface area (Å²) in [5.74, 6) is -1.11. The molecule has 1 N–H and O–H groups in total. The van der Waals surface area contributed by atoms with Crippen LogP contribution in [0.2, 0.25) is 0 Å². The molecule has 84 valence electrons. The van der Waals surface area contributed by atoms with Gasteiger partial charge in [-0.15, -0.1) is 0 Å². The molecule has 0 aromatic heterocycles. The van der Waals surface area contributed by atoms with Gasteiger partial charge in [-0.3, -0.25) is 4.79 Å². The number of carboxylic acid groups (broad SMARTS) is 1. The van der Waals surface area contributed by atoms with Crippen molar-refractivity contribution in [3.8, 4) is 0 Å². The molecule has 1 unspecified atom stereocenters. The van der Waals surface area contributed by atoms with Crippen molar-refractivity contribution in [1.82, 2.24) is 0 Å². The summed E-state index contributed by atoms with van der Waals surface area (Å²) in [5, 5.41) is 7.61. The van der Waals surface area contributed by atoms with Crippen LogP contribution >= 0.6 is 0 Å². The molecule has 0 saturated heterocycles. The zero-order chi connectivity index (χ0) is 11.2. The van der Waals surface area contributed by atoms with Crippen molar-refractivity contribution in [2.75, 3.05) is 19.5 Å². The number of rotatable bonds is 7. The van der Waals surface area contributed by atoms with Gasteiger partial charge in [-0.05, 0) is 13.3 Å². The van der Waals surface area contributed by atoms with E-state index in [1.54, 1.807) is 0 Å². The number of ether oxygens (including phenoxy) is 1. The summed E-state index contributed by atoms with van der Waals surface area (Å²) in [6.45, 7) is 1.79. The third-order valence-corrected chi connectivity index (χ3v) is 4.10. The van der Waals surface area contributed by atoms with Crippen molar-refractivity contribution >= 4 is 15.8 Å². The predicted molar refractivity (Wildman–Crippen MR) is 52.0 cm³/mol. The lowest BCUT2D eigenvalue weighted by Gasteiger charge is -2.09. The SMILES string of the molecule is COCCCS(=O)(=O)C(C)CC(=O)O. The minimum Gasteiger partial charge on any atom is -0.481 e. The molecule has 0 aliphatic heterocycles. The number of methoxy groups -OCH3 is 1. The fourth-order valence-corrected chi connectivity index (χ4v) is 2.30. The van der Waals surface area contributed by atoms with Crippen molar-refractivity contribution < 1.29 is 23.1 Å². The molecule has 0 saturated carbocycles. The maximum absolute atomic E-state index is 11.4. The highest BCUT2D eigenvalue weighted by atomic mass is 32.2. The van der Waals surface area contributed by atoms with E-state index < -0.39 is 21.1 Å². The number of carbonyl (C=O) groups is 1. The Balaban J connectivity index is 4.10. The Morgan fingerprint density at radius 2 is 2.07 bits per heavy atom. The first kappa shape index (κ1) is 13.4. The molecule has 0 heterocycles. The van der Waals surface area contributed by atoms with E-state index in [1.165, 1.54) is 14.0 Å². The molecule has 0 radical (unpaired) electrons. The van der Waals surface area contributed by atoms with Gasteiger partial charge in [0.05, 0.1) is 17.4 Å². The van der Waals surface area contributed by atoms with Gasteiger partial charge >= 0.3 is 5.97 Å². The Kier molecular flexibility index (Phi) is 5.71. The summed E-state index contributed by atoms with van der Waals surface area (Å²) in [4.78, 5) is 10.3. The molecular formula is C8H16O5S. The zero-order valence-electron chi connectivity index (χ0n) is 8.39. The summed E-state index contributed by atoms with van der Waals surface area (Å²) in [6.07, 6.45) is 0.0676. The molecule has 0 aliphatic carbocycles. The average Bonchev–Trinajstić information content (AvgIpc) is 2.03. The molecule has 0 amide bonds. The van der Waals surface area contributed by atoms with Crippen LogP contribution in [0.1, 0.15) is 19.8 Å². The first-order valence-electron chi connectivity index (χ1n) is 4.32. The molecule has 14 heavy (non-hydrogen) atoms. The highest BCUT2D eigenvalue weighted by Crippen LogP contribution is 2.07. The standard InChI is InChI=1S/C8H16O5S/c1-7(6-8(9)10)14(11,12)5-3-4-13-2/h7H,3-6H2,1-2H3,(H,9,10). The highest BCUT2D eigenvalue weighted by molar-refractivity contribution is 7.92. The van der Waals surface area contributed by atoms with E-state index in [9.17, 15) is 13.2 Å². The fourth-order valence-electron chi connectivity index (χ4n) is 0.979. The van der Waals surface area contributed by atoms with Crippen LogP contribution in [0, 0.1) is 0 Å². The first-order valence-corrected chi connectivity index (χ1v) is 6.04. The second kappa shape index (κ2) is 5.98. The number of aliphatic carboxylic acids is 1. The molecule has 0 aromatic carbocycles. The minimum absolute atomic E-state index is 0.0186. The quantitative estimate of drug-likeness (QED) is 0.629. The molecule has 0 rings (SSSR count). The van der Waals surface area contributed by atoms with Gasteiger partial charge in [-0.25, -0.2) is 8.42 Å². The van der Waals surface area contributed by atoms with Gasteiger partial charge in [0, 0.05) is 13.7 Å². The predicted octanol–water partition coefficient (Wildman–Crippen LogP) is 0.301. The largest absolute Gasteiger partial charge is 0.481 e. The summed E-state index contributed by atoms with van der Waals surface area (Å²) in [7, 11) is -1.80. The Labute approximate surface area is 84.0 Å². The monoisotopic (exact) mass is 224 g/mol. The Morgan fingerprint density at radius 3 is 2.50 bits per heavy atom. The second-order valence-corrected chi connectivity index (χ2v) is 5.66. The van der Waals surface area contributed by atoms with Crippen LogP contribution in [0.3, 0.4) is 0 Å². The van der Waals surface area contributed by atoms with Crippen LogP contribution in [-0.4, -0.2) is 44.2 Å². The highest BCUT2D eigenvalue weighted by Gasteiger charge is 2.22. The Bertz CT molecular complexity index is 269. The topological polar surface area (TPSA) is 80.7 Å². The summed E-state index contributed by atoms with van der Waals surface area (Å²) < 4.78 is 27.6. The van der Waals surface area contributed by atoms with Crippen LogP contribution < -0.4 is 0 Å². The second-order valence-electron chi connectivity index (χ2n) is 3.12. The third kappa shape index (κ3) is 5.18. The summed E-state index contributed by atoms with van der Waals surface area (Å²) in [6, 6.07) is 0. The van der Waals surface area contributed by atoms with Crippen LogP contribution in [0.25, 0.3) is 0 Å². The van der Waals surface area contributed by atoms with Crippen LogP contribution in [0.4, 0.5) is 0 Å².